The zero-order valence-electron chi connectivity index (χ0n) is 15.6. The Morgan fingerprint density at radius 2 is 1.62 bits per heavy atom. The van der Waals surface area contributed by atoms with E-state index in [2.05, 4.69) is 19.2 Å². The van der Waals surface area contributed by atoms with Crippen molar-refractivity contribution in [3.63, 3.8) is 0 Å². The van der Waals surface area contributed by atoms with Crippen LogP contribution in [-0.2, 0) is 9.47 Å². The van der Waals surface area contributed by atoms with Gasteiger partial charge >= 0.3 is 6.09 Å². The number of alkyl carbamates (subject to hydrolysis) is 1. The third-order valence-corrected chi connectivity index (χ3v) is 2.58. The Morgan fingerprint density at radius 1 is 1.10 bits per heavy atom. The van der Waals surface area contributed by atoms with Crippen molar-refractivity contribution in [3.8, 4) is 0 Å². The van der Waals surface area contributed by atoms with Crippen molar-refractivity contribution in [1.29, 1.82) is 0 Å². The van der Waals surface area contributed by atoms with E-state index < -0.39 is 5.60 Å². The molecule has 0 aliphatic carbocycles. The fourth-order valence-electron chi connectivity index (χ4n) is 1.42. The monoisotopic (exact) mass is 303 g/mol. The minimum Gasteiger partial charge on any atom is -0.444 e. The number of ether oxygens (including phenoxy) is 2. The quantitative estimate of drug-likeness (QED) is 0.737. The minimum atomic E-state index is -0.451. The second-order valence-corrected chi connectivity index (χ2v) is 6.97. The summed E-state index contributed by atoms with van der Waals surface area (Å²) in [7, 11) is 0. The standard InChI is InChI=1S/C15H31NO3.C2H6/c1-12(2)8-11-18-15(6,7)9-10-16-13(17)19-14(3,4)5;1-2/h12H,8-11H2,1-7H3,(H,16,17);1-2H3. The highest BCUT2D eigenvalue weighted by molar-refractivity contribution is 5.67. The van der Waals surface area contributed by atoms with E-state index in [1.807, 2.05) is 48.5 Å². The van der Waals surface area contributed by atoms with Crippen LogP contribution in [0, 0.1) is 5.92 Å². The van der Waals surface area contributed by atoms with Gasteiger partial charge in [-0.05, 0) is 53.4 Å². The Hall–Kier alpha value is -0.770. The lowest BCUT2D eigenvalue weighted by atomic mass is 10.0. The van der Waals surface area contributed by atoms with Crippen molar-refractivity contribution in [2.45, 2.75) is 86.4 Å². The molecule has 128 valence electrons. The molecule has 0 bridgehead atoms. The van der Waals surface area contributed by atoms with Crippen molar-refractivity contribution >= 4 is 6.09 Å². The maximum atomic E-state index is 11.5. The predicted octanol–water partition coefficient (Wildman–Crippen LogP) is 4.77. The van der Waals surface area contributed by atoms with Gasteiger partial charge in [-0.3, -0.25) is 0 Å². The highest BCUT2D eigenvalue weighted by Crippen LogP contribution is 2.15. The van der Waals surface area contributed by atoms with Crippen LogP contribution in [0.2, 0.25) is 0 Å². The number of carbonyl (C=O) groups excluding carboxylic acids is 1. The van der Waals surface area contributed by atoms with Gasteiger partial charge in [0.2, 0.25) is 0 Å². The van der Waals surface area contributed by atoms with E-state index in [0.717, 1.165) is 19.4 Å². The van der Waals surface area contributed by atoms with E-state index in [1.165, 1.54) is 0 Å². The van der Waals surface area contributed by atoms with Crippen LogP contribution in [0.3, 0.4) is 0 Å². The summed E-state index contributed by atoms with van der Waals surface area (Å²) in [5.41, 5.74) is -0.669. The van der Waals surface area contributed by atoms with Crippen molar-refractivity contribution < 1.29 is 14.3 Å². The molecule has 4 nitrogen and oxygen atoms in total. The molecule has 21 heavy (non-hydrogen) atoms. The molecule has 0 aromatic heterocycles. The van der Waals surface area contributed by atoms with E-state index in [9.17, 15) is 4.79 Å². The highest BCUT2D eigenvalue weighted by Gasteiger charge is 2.20. The van der Waals surface area contributed by atoms with Gasteiger partial charge in [-0.1, -0.05) is 27.7 Å². The lowest BCUT2D eigenvalue weighted by Gasteiger charge is -2.26. The zero-order chi connectivity index (χ0) is 17.1. The topological polar surface area (TPSA) is 47.6 Å². The molecule has 0 saturated carbocycles. The maximum absolute atomic E-state index is 11.5. The molecule has 0 aromatic rings. The molecule has 0 aliphatic heterocycles. The van der Waals surface area contributed by atoms with E-state index in [1.54, 1.807) is 0 Å². The molecule has 0 aromatic carbocycles. The zero-order valence-corrected chi connectivity index (χ0v) is 15.6. The van der Waals surface area contributed by atoms with Crippen LogP contribution in [-0.4, -0.2) is 30.4 Å². The fourth-order valence-corrected chi connectivity index (χ4v) is 1.42. The summed E-state index contributed by atoms with van der Waals surface area (Å²) < 4.78 is 11.0. The van der Waals surface area contributed by atoms with Crippen LogP contribution < -0.4 is 5.32 Å². The lowest BCUT2D eigenvalue weighted by molar-refractivity contribution is -0.0275. The van der Waals surface area contributed by atoms with Crippen LogP contribution in [0.15, 0.2) is 0 Å². The predicted molar refractivity (Wildman–Crippen MR) is 89.7 cm³/mol. The Kier molecular flexibility index (Phi) is 11.7. The van der Waals surface area contributed by atoms with Crippen molar-refractivity contribution in [2.24, 2.45) is 5.92 Å². The SMILES string of the molecule is CC.CC(C)CCOC(C)(C)CCNC(=O)OC(C)(C)C. The Morgan fingerprint density at radius 3 is 2.05 bits per heavy atom. The molecule has 0 spiro atoms. The second kappa shape index (κ2) is 10.9. The molecular weight excluding hydrogens is 266 g/mol. The smallest absolute Gasteiger partial charge is 0.407 e. The van der Waals surface area contributed by atoms with Gasteiger partial charge in [-0.25, -0.2) is 4.79 Å². The molecular formula is C17H37NO3. The van der Waals surface area contributed by atoms with Crippen LogP contribution in [0.5, 0.6) is 0 Å². The summed E-state index contributed by atoms with van der Waals surface area (Å²) in [5, 5.41) is 2.75. The normalized spacial score (nSPS) is 11.7. The molecule has 0 fully saturated rings. The highest BCUT2D eigenvalue weighted by atomic mass is 16.6. The molecule has 1 amide bonds. The minimum absolute atomic E-state index is 0.218. The molecule has 0 unspecified atom stereocenters. The average Bonchev–Trinajstić information content (AvgIpc) is 2.27. The van der Waals surface area contributed by atoms with E-state index in [4.69, 9.17) is 9.47 Å². The summed E-state index contributed by atoms with van der Waals surface area (Å²) in [6.07, 6.45) is 1.46. The first-order chi connectivity index (χ1) is 9.52. The summed E-state index contributed by atoms with van der Waals surface area (Å²) in [6.45, 7) is 19.3. The number of carbonyl (C=O) groups is 1. The Balaban J connectivity index is 0. The molecule has 1 N–H and O–H groups in total. The largest absolute Gasteiger partial charge is 0.444 e. The van der Waals surface area contributed by atoms with Gasteiger partial charge in [0, 0.05) is 13.2 Å². The van der Waals surface area contributed by atoms with E-state index in [-0.39, 0.29) is 11.7 Å². The van der Waals surface area contributed by atoms with Crippen LogP contribution in [0.25, 0.3) is 0 Å². The van der Waals surface area contributed by atoms with Crippen molar-refractivity contribution in [3.05, 3.63) is 0 Å². The molecule has 4 heteroatoms. The third kappa shape index (κ3) is 17.2. The molecule has 0 radical (unpaired) electrons. The van der Waals surface area contributed by atoms with Gasteiger partial charge < -0.3 is 14.8 Å². The summed E-state index contributed by atoms with van der Waals surface area (Å²) >= 11 is 0. The van der Waals surface area contributed by atoms with Gasteiger partial charge in [0.1, 0.15) is 5.60 Å². The van der Waals surface area contributed by atoms with Crippen LogP contribution >= 0.6 is 0 Å². The van der Waals surface area contributed by atoms with Gasteiger partial charge in [-0.15, -0.1) is 0 Å². The average molecular weight is 303 g/mol. The number of nitrogens with one attached hydrogen (secondary N) is 1. The first-order valence-corrected chi connectivity index (χ1v) is 8.13. The van der Waals surface area contributed by atoms with Crippen molar-refractivity contribution in [2.75, 3.05) is 13.2 Å². The Labute approximate surface area is 132 Å². The fraction of sp³-hybridized carbons (Fsp3) is 0.941. The number of hydrogen-bond donors (Lipinski definition) is 1. The summed E-state index contributed by atoms with van der Waals surface area (Å²) in [4.78, 5) is 11.5. The molecule has 0 saturated heterocycles. The van der Waals surface area contributed by atoms with Gasteiger partial charge in [-0.2, -0.15) is 0 Å². The van der Waals surface area contributed by atoms with Crippen molar-refractivity contribution in [1.82, 2.24) is 5.32 Å². The molecule has 0 heterocycles. The van der Waals surface area contributed by atoms with E-state index in [0.29, 0.717) is 12.5 Å². The molecule has 0 atom stereocenters. The van der Waals surface area contributed by atoms with Gasteiger partial charge in [0.15, 0.2) is 0 Å². The first-order valence-electron chi connectivity index (χ1n) is 8.13. The lowest BCUT2D eigenvalue weighted by Crippen LogP contribution is -2.36. The first kappa shape index (κ1) is 22.5. The van der Waals surface area contributed by atoms with Crippen LogP contribution in [0.4, 0.5) is 4.79 Å². The van der Waals surface area contributed by atoms with Crippen LogP contribution in [0.1, 0.15) is 75.2 Å². The van der Waals surface area contributed by atoms with E-state index >= 15 is 0 Å². The molecule has 0 aliphatic rings. The van der Waals surface area contributed by atoms with Gasteiger partial charge in [0.05, 0.1) is 5.60 Å². The molecule has 0 rings (SSSR count). The number of amides is 1. The summed E-state index contributed by atoms with van der Waals surface area (Å²) in [6, 6.07) is 0. The Bertz CT molecular complexity index is 268. The summed E-state index contributed by atoms with van der Waals surface area (Å²) in [5.74, 6) is 0.649. The second-order valence-electron chi connectivity index (χ2n) is 6.97. The maximum Gasteiger partial charge on any atom is 0.407 e. The van der Waals surface area contributed by atoms with Gasteiger partial charge in [0.25, 0.3) is 0 Å². The number of rotatable bonds is 7. The third-order valence-electron chi connectivity index (χ3n) is 2.58. The number of hydrogen-bond acceptors (Lipinski definition) is 3.